The lowest BCUT2D eigenvalue weighted by atomic mass is 10.0. The number of nitro groups is 1. The molecule has 18 heavy (non-hydrogen) atoms. The van der Waals surface area contributed by atoms with Crippen molar-refractivity contribution in [1.82, 2.24) is 0 Å². The van der Waals surface area contributed by atoms with Gasteiger partial charge in [0.25, 0.3) is 5.69 Å². The first-order valence-electron chi connectivity index (χ1n) is 5.07. The molecule has 7 heteroatoms. The summed E-state index contributed by atoms with van der Waals surface area (Å²) in [6.07, 6.45) is 0.0861. The van der Waals surface area contributed by atoms with Crippen LogP contribution in [0.25, 0.3) is 0 Å². The van der Waals surface area contributed by atoms with Gasteiger partial charge in [-0.25, -0.2) is 0 Å². The van der Waals surface area contributed by atoms with E-state index in [9.17, 15) is 19.7 Å². The molecular formula is C11H10ClNO5. The normalized spacial score (nSPS) is 9.89. The fourth-order valence-corrected chi connectivity index (χ4v) is 1.68. The number of aldehydes is 1. The Morgan fingerprint density at radius 3 is 2.72 bits per heavy atom. The van der Waals surface area contributed by atoms with Crippen LogP contribution in [0.1, 0.15) is 22.8 Å². The van der Waals surface area contributed by atoms with Crippen molar-refractivity contribution in [2.75, 3.05) is 6.61 Å². The lowest BCUT2D eigenvalue weighted by Crippen LogP contribution is -2.11. The summed E-state index contributed by atoms with van der Waals surface area (Å²) in [5.41, 5.74) is -0.335. The maximum Gasteiger partial charge on any atom is 0.310 e. The van der Waals surface area contributed by atoms with Gasteiger partial charge in [-0.15, -0.1) is 0 Å². The zero-order valence-electron chi connectivity index (χ0n) is 9.51. The minimum absolute atomic E-state index is 0.0119. The summed E-state index contributed by atoms with van der Waals surface area (Å²) >= 11 is 5.66. The van der Waals surface area contributed by atoms with Gasteiger partial charge >= 0.3 is 5.97 Å². The fraction of sp³-hybridized carbons (Fsp3) is 0.273. The molecular weight excluding hydrogens is 262 g/mol. The fourth-order valence-electron chi connectivity index (χ4n) is 1.46. The first-order valence-corrected chi connectivity index (χ1v) is 5.45. The van der Waals surface area contributed by atoms with Crippen molar-refractivity contribution in [3.63, 3.8) is 0 Å². The van der Waals surface area contributed by atoms with Gasteiger partial charge in [0.2, 0.25) is 0 Å². The molecule has 0 heterocycles. The molecule has 0 amide bonds. The van der Waals surface area contributed by atoms with E-state index in [0.717, 1.165) is 6.07 Å². The lowest BCUT2D eigenvalue weighted by molar-refractivity contribution is -0.385. The van der Waals surface area contributed by atoms with Crippen LogP contribution in [0, 0.1) is 10.1 Å². The molecule has 0 N–H and O–H groups in total. The molecule has 1 aromatic rings. The largest absolute Gasteiger partial charge is 0.466 e. The van der Waals surface area contributed by atoms with Gasteiger partial charge in [0.15, 0.2) is 6.29 Å². The highest BCUT2D eigenvalue weighted by atomic mass is 35.5. The summed E-state index contributed by atoms with van der Waals surface area (Å²) in [7, 11) is 0. The highest BCUT2D eigenvalue weighted by molar-refractivity contribution is 6.31. The molecule has 0 spiro atoms. The number of hydrogen-bond donors (Lipinski definition) is 0. The Labute approximate surface area is 108 Å². The van der Waals surface area contributed by atoms with Crippen LogP contribution >= 0.6 is 11.6 Å². The second-order valence-electron chi connectivity index (χ2n) is 3.35. The molecule has 0 aliphatic rings. The van der Waals surface area contributed by atoms with Gasteiger partial charge in [0, 0.05) is 16.7 Å². The van der Waals surface area contributed by atoms with Crippen molar-refractivity contribution in [3.05, 3.63) is 38.4 Å². The molecule has 1 aromatic carbocycles. The Morgan fingerprint density at radius 2 is 2.22 bits per heavy atom. The van der Waals surface area contributed by atoms with E-state index < -0.39 is 10.9 Å². The Balaban J connectivity index is 3.25. The summed E-state index contributed by atoms with van der Waals surface area (Å²) in [5, 5.41) is 10.9. The zero-order valence-corrected chi connectivity index (χ0v) is 10.3. The first-order chi connectivity index (χ1) is 8.49. The maximum atomic E-state index is 11.3. The lowest BCUT2D eigenvalue weighted by Gasteiger charge is -2.06. The standard InChI is InChI=1S/C11H10ClNO5/c1-2-18-11(15)5-9-7(6-14)3-8(12)4-10(9)13(16)17/h3-4,6H,2,5H2,1H3. The van der Waals surface area contributed by atoms with Crippen molar-refractivity contribution in [3.8, 4) is 0 Å². The molecule has 0 fully saturated rings. The number of benzene rings is 1. The average Bonchev–Trinajstić information content (AvgIpc) is 2.30. The summed E-state index contributed by atoms with van der Waals surface area (Å²) in [5.74, 6) is -0.633. The van der Waals surface area contributed by atoms with Gasteiger partial charge in [0.1, 0.15) is 0 Å². The van der Waals surface area contributed by atoms with Crippen molar-refractivity contribution >= 4 is 29.5 Å². The van der Waals surface area contributed by atoms with Crippen LogP contribution in [0.2, 0.25) is 5.02 Å². The van der Waals surface area contributed by atoms with Crippen LogP contribution in [0.15, 0.2) is 12.1 Å². The van der Waals surface area contributed by atoms with E-state index in [1.807, 2.05) is 0 Å². The number of carbonyl (C=O) groups excluding carboxylic acids is 2. The Bertz CT molecular complexity index is 500. The van der Waals surface area contributed by atoms with Crippen LogP contribution in [-0.4, -0.2) is 23.8 Å². The number of esters is 1. The highest BCUT2D eigenvalue weighted by Crippen LogP contribution is 2.27. The third-order valence-electron chi connectivity index (χ3n) is 2.18. The van der Waals surface area contributed by atoms with E-state index in [2.05, 4.69) is 0 Å². The van der Waals surface area contributed by atoms with Crippen LogP contribution in [0.4, 0.5) is 5.69 Å². The number of nitrogens with zero attached hydrogens (tertiary/aromatic N) is 1. The van der Waals surface area contributed by atoms with E-state index >= 15 is 0 Å². The predicted octanol–water partition coefficient (Wildman–Crippen LogP) is 2.17. The average molecular weight is 272 g/mol. The summed E-state index contributed by atoms with van der Waals surface area (Å²) in [4.78, 5) is 32.4. The molecule has 96 valence electrons. The second kappa shape index (κ2) is 6.11. The molecule has 0 bridgehead atoms. The molecule has 0 aliphatic carbocycles. The van der Waals surface area contributed by atoms with Crippen LogP contribution in [0.3, 0.4) is 0 Å². The van der Waals surface area contributed by atoms with Gasteiger partial charge in [-0.2, -0.15) is 0 Å². The van der Waals surface area contributed by atoms with Crippen LogP contribution in [0.5, 0.6) is 0 Å². The van der Waals surface area contributed by atoms with Gasteiger partial charge in [0.05, 0.1) is 23.5 Å². The van der Waals surface area contributed by atoms with E-state index in [1.165, 1.54) is 6.07 Å². The van der Waals surface area contributed by atoms with Gasteiger partial charge in [-0.1, -0.05) is 11.6 Å². The molecule has 6 nitrogen and oxygen atoms in total. The Kier molecular flexibility index (Phi) is 4.79. The third-order valence-corrected chi connectivity index (χ3v) is 2.39. The minimum Gasteiger partial charge on any atom is -0.466 e. The van der Waals surface area contributed by atoms with E-state index in [-0.39, 0.29) is 34.9 Å². The number of halogens is 1. The predicted molar refractivity (Wildman–Crippen MR) is 63.8 cm³/mol. The second-order valence-corrected chi connectivity index (χ2v) is 3.79. The number of hydrogen-bond acceptors (Lipinski definition) is 5. The van der Waals surface area contributed by atoms with Gasteiger partial charge < -0.3 is 4.74 Å². The number of ether oxygens (including phenoxy) is 1. The quantitative estimate of drug-likeness (QED) is 0.354. The molecule has 1 rings (SSSR count). The molecule has 0 aromatic heterocycles. The molecule has 0 unspecified atom stereocenters. The van der Waals surface area contributed by atoms with E-state index in [1.54, 1.807) is 6.92 Å². The minimum atomic E-state index is -0.687. The first kappa shape index (κ1) is 14.1. The third kappa shape index (κ3) is 3.27. The zero-order chi connectivity index (χ0) is 13.7. The van der Waals surface area contributed by atoms with Crippen molar-refractivity contribution in [1.29, 1.82) is 0 Å². The topological polar surface area (TPSA) is 86.5 Å². The van der Waals surface area contributed by atoms with Crippen molar-refractivity contribution in [2.24, 2.45) is 0 Å². The summed E-state index contributed by atoms with van der Waals surface area (Å²) in [6, 6.07) is 2.37. The molecule has 0 radical (unpaired) electrons. The maximum absolute atomic E-state index is 11.3. The molecule has 0 aliphatic heterocycles. The molecule has 0 saturated carbocycles. The van der Waals surface area contributed by atoms with Crippen molar-refractivity contribution < 1.29 is 19.2 Å². The van der Waals surface area contributed by atoms with E-state index in [0.29, 0.717) is 6.29 Å². The van der Waals surface area contributed by atoms with Gasteiger partial charge in [-0.3, -0.25) is 19.7 Å². The van der Waals surface area contributed by atoms with E-state index in [4.69, 9.17) is 16.3 Å². The summed E-state index contributed by atoms with van der Waals surface area (Å²) < 4.78 is 4.70. The Hall–Kier alpha value is -1.95. The number of nitro benzene ring substituents is 1. The molecule has 0 saturated heterocycles. The molecule has 0 atom stereocenters. The Morgan fingerprint density at radius 1 is 1.56 bits per heavy atom. The highest BCUT2D eigenvalue weighted by Gasteiger charge is 2.22. The SMILES string of the molecule is CCOC(=O)Cc1c(C=O)cc(Cl)cc1[N+](=O)[O-]. The van der Waals surface area contributed by atoms with Crippen molar-refractivity contribution in [2.45, 2.75) is 13.3 Å². The number of carbonyl (C=O) groups is 2. The monoisotopic (exact) mass is 271 g/mol. The smallest absolute Gasteiger partial charge is 0.310 e. The number of rotatable bonds is 5. The summed E-state index contributed by atoms with van der Waals surface area (Å²) in [6.45, 7) is 1.78. The van der Waals surface area contributed by atoms with Crippen LogP contribution in [-0.2, 0) is 16.0 Å². The van der Waals surface area contributed by atoms with Crippen LogP contribution < -0.4 is 0 Å². The van der Waals surface area contributed by atoms with Gasteiger partial charge in [-0.05, 0) is 13.0 Å².